The van der Waals surface area contributed by atoms with Gasteiger partial charge in [0.2, 0.25) is 0 Å². The number of carbonyl (C=O) groups is 1. The Labute approximate surface area is 228 Å². The van der Waals surface area contributed by atoms with Crippen LogP contribution in [0.3, 0.4) is 0 Å². The molecular formula is C30H48BrN3O2. The van der Waals surface area contributed by atoms with Crippen LogP contribution in [0.2, 0.25) is 0 Å². The van der Waals surface area contributed by atoms with Gasteiger partial charge in [0, 0.05) is 61.2 Å². The number of rotatable bonds is 5. The summed E-state index contributed by atoms with van der Waals surface area (Å²) >= 11 is 3.61. The van der Waals surface area contributed by atoms with E-state index in [1.165, 1.54) is 5.57 Å². The predicted octanol–water partition coefficient (Wildman–Crippen LogP) is 7.32. The number of halogens is 1. The Hall–Kier alpha value is -2.02. The summed E-state index contributed by atoms with van der Waals surface area (Å²) in [5.74, 6) is -0.0267. The van der Waals surface area contributed by atoms with Crippen LogP contribution in [-0.2, 0) is 5.60 Å². The smallest absolute Gasteiger partial charge is 0.253 e. The van der Waals surface area contributed by atoms with E-state index in [-0.39, 0.29) is 5.91 Å². The van der Waals surface area contributed by atoms with Gasteiger partial charge in [-0.25, -0.2) is 0 Å². The van der Waals surface area contributed by atoms with Crippen molar-refractivity contribution >= 4 is 27.9 Å². The van der Waals surface area contributed by atoms with E-state index in [1.54, 1.807) is 25.2 Å². The first-order valence-corrected chi connectivity index (χ1v) is 14.0. The summed E-state index contributed by atoms with van der Waals surface area (Å²) in [6.45, 7) is 18.7. The summed E-state index contributed by atoms with van der Waals surface area (Å²) in [4.78, 5) is 20.4. The van der Waals surface area contributed by atoms with Gasteiger partial charge in [0.25, 0.3) is 5.91 Å². The van der Waals surface area contributed by atoms with Crippen LogP contribution < -0.4 is 0 Å². The summed E-state index contributed by atoms with van der Waals surface area (Å²) in [7, 11) is 3.48. The highest BCUT2D eigenvalue weighted by molar-refractivity contribution is 9.10. The van der Waals surface area contributed by atoms with E-state index in [1.807, 2.05) is 78.8 Å². The highest BCUT2D eigenvalue weighted by Crippen LogP contribution is 2.33. The number of likely N-dealkylation sites (tertiary alicyclic amines) is 1. The molecule has 1 aromatic carbocycles. The lowest BCUT2D eigenvalue weighted by molar-refractivity contribution is -0.0238. The van der Waals surface area contributed by atoms with Crippen molar-refractivity contribution in [3.63, 3.8) is 0 Å². The Morgan fingerprint density at radius 1 is 1.06 bits per heavy atom. The molecule has 0 aliphatic carbocycles. The van der Waals surface area contributed by atoms with Crippen LogP contribution in [0.4, 0.5) is 0 Å². The molecule has 0 radical (unpaired) electrons. The Balaban J connectivity index is 0.00000190. The fraction of sp³-hybridized carbons (Fsp3) is 0.533. The number of aromatic nitrogens is 1. The first kappa shape index (κ1) is 34.0. The van der Waals surface area contributed by atoms with Crippen molar-refractivity contribution in [1.82, 2.24) is 14.8 Å². The summed E-state index contributed by atoms with van der Waals surface area (Å²) in [5, 5.41) is 11.2. The lowest BCUT2D eigenvalue weighted by atomic mass is 9.84. The van der Waals surface area contributed by atoms with Crippen molar-refractivity contribution in [2.24, 2.45) is 0 Å². The summed E-state index contributed by atoms with van der Waals surface area (Å²) in [5.41, 5.74) is 4.09. The van der Waals surface area contributed by atoms with Crippen LogP contribution in [-0.4, -0.2) is 59.5 Å². The lowest BCUT2D eigenvalue weighted by Crippen LogP contribution is -2.43. The second-order valence-electron chi connectivity index (χ2n) is 8.37. The van der Waals surface area contributed by atoms with Gasteiger partial charge in [0.1, 0.15) is 0 Å². The number of nitrogens with zero attached hydrogens (tertiary/aromatic N) is 3. The molecule has 2 heterocycles. The molecule has 0 atom stereocenters. The van der Waals surface area contributed by atoms with Crippen molar-refractivity contribution < 1.29 is 9.90 Å². The number of carbonyl (C=O) groups excluding carboxylic acids is 1. The van der Waals surface area contributed by atoms with E-state index in [0.29, 0.717) is 18.4 Å². The van der Waals surface area contributed by atoms with Crippen molar-refractivity contribution in [3.05, 3.63) is 69.0 Å². The van der Waals surface area contributed by atoms with E-state index in [9.17, 15) is 9.90 Å². The van der Waals surface area contributed by atoms with Crippen molar-refractivity contribution in [1.29, 1.82) is 0 Å². The van der Waals surface area contributed by atoms with E-state index in [0.717, 1.165) is 40.9 Å². The van der Waals surface area contributed by atoms with Crippen LogP contribution in [0.25, 0.3) is 6.08 Å². The van der Waals surface area contributed by atoms with Gasteiger partial charge in [-0.2, -0.15) is 0 Å². The van der Waals surface area contributed by atoms with Gasteiger partial charge in [-0.05, 0) is 50.5 Å². The van der Waals surface area contributed by atoms with Gasteiger partial charge < -0.3 is 10.0 Å². The van der Waals surface area contributed by atoms with Crippen molar-refractivity contribution in [2.75, 3.05) is 33.7 Å². The highest BCUT2D eigenvalue weighted by atomic mass is 79.9. The molecule has 202 valence electrons. The number of hydrogen-bond acceptors (Lipinski definition) is 4. The maximum Gasteiger partial charge on any atom is 0.253 e. The molecule has 1 aliphatic heterocycles. The number of aliphatic hydroxyl groups is 1. The minimum absolute atomic E-state index is 0.0267. The summed E-state index contributed by atoms with van der Waals surface area (Å²) < 4.78 is 1.05. The first-order chi connectivity index (χ1) is 17.2. The van der Waals surface area contributed by atoms with Gasteiger partial charge in [0.05, 0.1) is 5.60 Å². The van der Waals surface area contributed by atoms with Crippen molar-refractivity contribution in [3.8, 4) is 0 Å². The standard InChI is InChI=1S/C24H30BrN3O2.3C2H6/c1-17(15-21-18(2)26-12-9-22(21)25)16-28-13-10-24(30,11-14-28)20-7-5-19(6-8-20)23(29)27(3)4;3*1-2/h5-9,12,15,30H,10-11,13-14,16H2,1-4H3;3*1-2H3/b17-15+;;;. The minimum Gasteiger partial charge on any atom is -0.385 e. The normalized spacial score (nSPS) is 14.7. The second kappa shape index (κ2) is 17.4. The molecule has 0 bridgehead atoms. The van der Waals surface area contributed by atoms with Gasteiger partial charge >= 0.3 is 0 Å². The number of hydrogen-bond donors (Lipinski definition) is 1. The molecule has 1 aromatic heterocycles. The van der Waals surface area contributed by atoms with Gasteiger partial charge in [-0.15, -0.1) is 0 Å². The first-order valence-electron chi connectivity index (χ1n) is 13.2. The number of piperidine rings is 1. The number of amides is 1. The number of benzene rings is 1. The van der Waals surface area contributed by atoms with Gasteiger partial charge in [-0.3, -0.25) is 14.7 Å². The molecule has 6 heteroatoms. The lowest BCUT2D eigenvalue weighted by Gasteiger charge is -2.38. The minimum atomic E-state index is -0.837. The predicted molar refractivity (Wildman–Crippen MR) is 158 cm³/mol. The summed E-state index contributed by atoms with van der Waals surface area (Å²) in [6.07, 6.45) is 5.35. The summed E-state index contributed by atoms with van der Waals surface area (Å²) in [6, 6.07) is 9.36. The monoisotopic (exact) mass is 561 g/mol. The number of aryl methyl sites for hydroxylation is 1. The Morgan fingerprint density at radius 3 is 2.06 bits per heavy atom. The molecule has 36 heavy (non-hydrogen) atoms. The quantitative estimate of drug-likeness (QED) is 0.415. The molecule has 2 aromatic rings. The topological polar surface area (TPSA) is 56.7 Å². The zero-order chi connectivity index (χ0) is 27.9. The molecule has 1 fully saturated rings. The zero-order valence-corrected chi connectivity index (χ0v) is 25.7. The third kappa shape index (κ3) is 9.79. The van der Waals surface area contributed by atoms with Crippen molar-refractivity contribution in [2.45, 2.75) is 73.8 Å². The van der Waals surface area contributed by atoms with Crippen LogP contribution in [0.5, 0.6) is 0 Å². The Kier molecular flexibility index (Phi) is 16.5. The zero-order valence-electron chi connectivity index (χ0n) is 24.2. The maximum atomic E-state index is 12.1. The fourth-order valence-corrected chi connectivity index (χ4v) is 4.44. The third-order valence-corrected chi connectivity index (χ3v) is 6.45. The average molecular weight is 563 g/mol. The second-order valence-corrected chi connectivity index (χ2v) is 9.22. The van der Waals surface area contributed by atoms with E-state index in [4.69, 9.17) is 0 Å². The third-order valence-electron chi connectivity index (χ3n) is 5.76. The largest absolute Gasteiger partial charge is 0.385 e. The van der Waals surface area contributed by atoms with Crippen LogP contribution in [0.15, 0.2) is 46.6 Å². The molecule has 0 unspecified atom stereocenters. The van der Waals surface area contributed by atoms with Crippen LogP contribution >= 0.6 is 15.9 Å². The fourth-order valence-electron chi connectivity index (χ4n) is 3.92. The molecular weight excluding hydrogens is 514 g/mol. The molecule has 1 N–H and O–H groups in total. The molecule has 3 rings (SSSR count). The molecule has 1 aliphatic rings. The average Bonchev–Trinajstić information content (AvgIpc) is 2.91. The van der Waals surface area contributed by atoms with E-state index < -0.39 is 5.60 Å². The molecule has 0 saturated carbocycles. The van der Waals surface area contributed by atoms with Crippen LogP contribution in [0, 0.1) is 6.92 Å². The SMILES string of the molecule is C/C(=C\c1c(Br)ccnc1C)CN1CCC(O)(c2ccc(C(=O)N(C)C)cc2)CC1.CC.CC.CC. The van der Waals surface area contributed by atoms with Gasteiger partial charge in [0.15, 0.2) is 0 Å². The molecule has 1 amide bonds. The Bertz CT molecular complexity index is 911. The number of pyridine rings is 1. The maximum absolute atomic E-state index is 12.1. The van der Waals surface area contributed by atoms with Gasteiger partial charge in [-0.1, -0.05) is 81.3 Å². The van der Waals surface area contributed by atoms with E-state index in [2.05, 4.69) is 38.8 Å². The van der Waals surface area contributed by atoms with E-state index >= 15 is 0 Å². The highest BCUT2D eigenvalue weighted by Gasteiger charge is 2.34. The molecule has 0 spiro atoms. The van der Waals surface area contributed by atoms with Crippen LogP contribution in [0.1, 0.15) is 88.5 Å². The Morgan fingerprint density at radius 2 is 1.58 bits per heavy atom. The molecule has 5 nitrogen and oxygen atoms in total. The molecule has 1 saturated heterocycles.